The van der Waals surface area contributed by atoms with Crippen molar-refractivity contribution in [2.45, 2.75) is 38.0 Å². The van der Waals surface area contributed by atoms with Crippen LogP contribution in [0.15, 0.2) is 77.7 Å². The predicted octanol–water partition coefficient (Wildman–Crippen LogP) is 4.48. The SMILES string of the molecule is CC(C)OCc1ccccc1CNC(=O)c1ccccc1NS(=O)(=O)c1ccc(F)cc1. The molecule has 0 aliphatic heterocycles. The number of hydrogen-bond acceptors (Lipinski definition) is 4. The highest BCUT2D eigenvalue weighted by Crippen LogP contribution is 2.21. The third kappa shape index (κ3) is 6.15. The van der Waals surface area contributed by atoms with Gasteiger partial charge in [0.2, 0.25) is 0 Å². The van der Waals surface area contributed by atoms with Crippen molar-refractivity contribution >= 4 is 21.6 Å². The first-order valence-electron chi connectivity index (χ1n) is 10.1. The quantitative estimate of drug-likeness (QED) is 0.497. The Morgan fingerprint density at radius 3 is 2.25 bits per heavy atom. The number of halogens is 1. The zero-order valence-electron chi connectivity index (χ0n) is 17.8. The molecule has 0 spiro atoms. The molecule has 3 rings (SSSR count). The van der Waals surface area contributed by atoms with E-state index >= 15 is 0 Å². The Morgan fingerprint density at radius 1 is 0.938 bits per heavy atom. The van der Waals surface area contributed by atoms with E-state index in [9.17, 15) is 17.6 Å². The Labute approximate surface area is 187 Å². The molecule has 0 aliphatic rings. The largest absolute Gasteiger partial charge is 0.374 e. The second-order valence-electron chi connectivity index (χ2n) is 7.42. The topological polar surface area (TPSA) is 84.5 Å². The fourth-order valence-electron chi connectivity index (χ4n) is 2.99. The van der Waals surface area contributed by atoms with Gasteiger partial charge in [0.1, 0.15) is 5.82 Å². The second-order valence-corrected chi connectivity index (χ2v) is 9.10. The summed E-state index contributed by atoms with van der Waals surface area (Å²) in [7, 11) is -3.99. The van der Waals surface area contributed by atoms with Gasteiger partial charge >= 0.3 is 0 Å². The van der Waals surface area contributed by atoms with Crippen molar-refractivity contribution in [2.24, 2.45) is 0 Å². The molecular weight excluding hydrogens is 431 g/mol. The molecule has 0 unspecified atom stereocenters. The lowest BCUT2D eigenvalue weighted by Gasteiger charge is -2.15. The number of anilines is 1. The lowest BCUT2D eigenvalue weighted by Crippen LogP contribution is -2.25. The van der Waals surface area contributed by atoms with E-state index in [2.05, 4.69) is 10.0 Å². The summed E-state index contributed by atoms with van der Waals surface area (Å²) in [5, 5.41) is 2.84. The fraction of sp³-hybridized carbons (Fsp3) is 0.208. The van der Waals surface area contributed by atoms with Crippen molar-refractivity contribution in [3.05, 3.63) is 95.3 Å². The number of para-hydroxylation sites is 1. The molecule has 6 nitrogen and oxygen atoms in total. The minimum atomic E-state index is -3.99. The Hall–Kier alpha value is -3.23. The highest BCUT2D eigenvalue weighted by atomic mass is 32.2. The number of rotatable bonds is 9. The summed E-state index contributed by atoms with van der Waals surface area (Å²) in [5.41, 5.74) is 2.18. The summed E-state index contributed by atoms with van der Waals surface area (Å²) in [6.45, 7) is 4.59. The van der Waals surface area contributed by atoms with Gasteiger partial charge in [0.15, 0.2) is 0 Å². The van der Waals surface area contributed by atoms with Crippen LogP contribution in [-0.2, 0) is 27.9 Å². The predicted molar refractivity (Wildman–Crippen MR) is 121 cm³/mol. The monoisotopic (exact) mass is 456 g/mol. The van der Waals surface area contributed by atoms with Crippen LogP contribution in [0.4, 0.5) is 10.1 Å². The number of nitrogens with one attached hydrogen (secondary N) is 2. The molecule has 0 heterocycles. The third-order valence-electron chi connectivity index (χ3n) is 4.67. The van der Waals surface area contributed by atoms with Crippen LogP contribution in [0.1, 0.15) is 35.3 Å². The van der Waals surface area contributed by atoms with Crippen LogP contribution in [0.2, 0.25) is 0 Å². The summed E-state index contributed by atoms with van der Waals surface area (Å²) >= 11 is 0. The van der Waals surface area contributed by atoms with Gasteiger partial charge in [-0.05, 0) is 61.4 Å². The first-order valence-corrected chi connectivity index (χ1v) is 11.6. The number of ether oxygens (including phenoxy) is 1. The van der Waals surface area contributed by atoms with Crippen LogP contribution in [0.5, 0.6) is 0 Å². The molecule has 0 aliphatic carbocycles. The molecule has 3 aromatic rings. The molecule has 0 fully saturated rings. The summed E-state index contributed by atoms with van der Waals surface area (Å²) < 4.78 is 46.5. The van der Waals surface area contributed by atoms with Gasteiger partial charge in [-0.2, -0.15) is 0 Å². The Morgan fingerprint density at radius 2 is 1.56 bits per heavy atom. The van der Waals surface area contributed by atoms with Gasteiger partial charge in [-0.25, -0.2) is 12.8 Å². The van der Waals surface area contributed by atoms with E-state index in [4.69, 9.17) is 4.74 Å². The zero-order chi connectivity index (χ0) is 23.1. The smallest absolute Gasteiger partial charge is 0.261 e. The van der Waals surface area contributed by atoms with E-state index in [0.717, 1.165) is 35.4 Å². The molecule has 0 saturated heterocycles. The van der Waals surface area contributed by atoms with Crippen LogP contribution in [0.3, 0.4) is 0 Å². The lowest BCUT2D eigenvalue weighted by atomic mass is 10.1. The first kappa shape index (κ1) is 23.4. The molecule has 0 atom stereocenters. The highest BCUT2D eigenvalue weighted by molar-refractivity contribution is 7.92. The van der Waals surface area contributed by atoms with E-state index in [1.54, 1.807) is 12.1 Å². The third-order valence-corrected chi connectivity index (χ3v) is 6.05. The molecule has 8 heteroatoms. The minimum Gasteiger partial charge on any atom is -0.374 e. The number of hydrogen-bond donors (Lipinski definition) is 2. The molecule has 32 heavy (non-hydrogen) atoms. The normalized spacial score (nSPS) is 11.4. The second kappa shape index (κ2) is 10.4. The van der Waals surface area contributed by atoms with Gasteiger partial charge < -0.3 is 10.1 Å². The van der Waals surface area contributed by atoms with E-state index < -0.39 is 21.7 Å². The van der Waals surface area contributed by atoms with Crippen LogP contribution >= 0.6 is 0 Å². The van der Waals surface area contributed by atoms with Gasteiger partial charge in [0.25, 0.3) is 15.9 Å². The van der Waals surface area contributed by atoms with Crippen molar-refractivity contribution < 1.29 is 22.3 Å². The molecule has 0 bridgehead atoms. The molecule has 168 valence electrons. The summed E-state index contributed by atoms with van der Waals surface area (Å²) in [4.78, 5) is 12.8. The Bertz CT molecular complexity index is 1180. The minimum absolute atomic E-state index is 0.0821. The number of carbonyl (C=O) groups is 1. The molecular formula is C24H25FN2O4S. The van der Waals surface area contributed by atoms with Crippen molar-refractivity contribution in [1.82, 2.24) is 5.32 Å². The van der Waals surface area contributed by atoms with Gasteiger partial charge in [-0.15, -0.1) is 0 Å². The van der Waals surface area contributed by atoms with Gasteiger partial charge in [0.05, 0.1) is 28.9 Å². The van der Waals surface area contributed by atoms with Crippen molar-refractivity contribution in [1.29, 1.82) is 0 Å². The average Bonchev–Trinajstić information content (AvgIpc) is 2.77. The number of amides is 1. The van der Waals surface area contributed by atoms with Gasteiger partial charge in [-0.1, -0.05) is 36.4 Å². The van der Waals surface area contributed by atoms with Crippen molar-refractivity contribution in [3.8, 4) is 0 Å². The summed E-state index contributed by atoms with van der Waals surface area (Å²) in [6, 6.07) is 18.4. The Balaban J connectivity index is 1.75. The number of carbonyl (C=O) groups excluding carboxylic acids is 1. The maximum atomic E-state index is 13.1. The highest BCUT2D eigenvalue weighted by Gasteiger charge is 2.19. The first-order chi connectivity index (χ1) is 15.3. The number of sulfonamides is 1. The maximum absolute atomic E-state index is 13.1. The molecule has 0 radical (unpaired) electrons. The zero-order valence-corrected chi connectivity index (χ0v) is 18.7. The molecule has 0 saturated carbocycles. The van der Waals surface area contributed by atoms with Gasteiger partial charge in [-0.3, -0.25) is 9.52 Å². The van der Waals surface area contributed by atoms with Crippen LogP contribution in [0.25, 0.3) is 0 Å². The maximum Gasteiger partial charge on any atom is 0.261 e. The van der Waals surface area contributed by atoms with Crippen molar-refractivity contribution in [3.63, 3.8) is 0 Å². The van der Waals surface area contributed by atoms with Crippen molar-refractivity contribution in [2.75, 3.05) is 4.72 Å². The van der Waals surface area contributed by atoms with Crippen LogP contribution < -0.4 is 10.0 Å². The van der Waals surface area contributed by atoms with Crippen LogP contribution in [-0.4, -0.2) is 20.4 Å². The average molecular weight is 457 g/mol. The molecule has 0 aromatic heterocycles. The van der Waals surface area contributed by atoms with E-state index in [0.29, 0.717) is 6.61 Å². The summed E-state index contributed by atoms with van der Waals surface area (Å²) in [6.07, 6.45) is 0.0821. The van der Waals surface area contributed by atoms with E-state index in [-0.39, 0.29) is 28.8 Å². The van der Waals surface area contributed by atoms with E-state index in [1.165, 1.54) is 12.1 Å². The van der Waals surface area contributed by atoms with Crippen LogP contribution in [0, 0.1) is 5.82 Å². The molecule has 2 N–H and O–H groups in total. The molecule has 3 aromatic carbocycles. The van der Waals surface area contributed by atoms with E-state index in [1.807, 2.05) is 38.1 Å². The number of benzene rings is 3. The van der Waals surface area contributed by atoms with Gasteiger partial charge in [0, 0.05) is 6.54 Å². The standard InChI is InChI=1S/C24H25FN2O4S/c1-17(2)31-16-19-8-4-3-7-18(19)15-26-24(28)22-9-5-6-10-23(22)27-32(29,30)21-13-11-20(25)12-14-21/h3-14,17,27H,15-16H2,1-2H3,(H,26,28). The lowest BCUT2D eigenvalue weighted by molar-refractivity contribution is 0.0651. The molecule has 1 amide bonds. The fourth-order valence-corrected chi connectivity index (χ4v) is 4.07. The Kier molecular flexibility index (Phi) is 7.61. The summed E-state index contributed by atoms with van der Waals surface area (Å²) in [5.74, 6) is -0.968.